The van der Waals surface area contributed by atoms with Crippen molar-refractivity contribution in [1.82, 2.24) is 14.8 Å². The first-order chi connectivity index (χ1) is 18.6. The van der Waals surface area contributed by atoms with Gasteiger partial charge < -0.3 is 14.4 Å². The number of hydrazone groups is 1. The van der Waals surface area contributed by atoms with Crippen molar-refractivity contribution in [2.24, 2.45) is 10.5 Å². The van der Waals surface area contributed by atoms with E-state index in [-0.39, 0.29) is 29.8 Å². The van der Waals surface area contributed by atoms with Gasteiger partial charge in [-0.25, -0.2) is 5.01 Å². The summed E-state index contributed by atoms with van der Waals surface area (Å²) in [5, 5.41) is 6.42. The van der Waals surface area contributed by atoms with E-state index >= 15 is 0 Å². The zero-order valence-corrected chi connectivity index (χ0v) is 24.0. The van der Waals surface area contributed by atoms with E-state index in [1.54, 1.807) is 17.0 Å². The minimum absolute atomic E-state index is 0.000999. The molecule has 8 heteroatoms. The molecule has 1 saturated heterocycles. The molecule has 0 unspecified atom stereocenters. The lowest BCUT2D eigenvalue weighted by Crippen LogP contribution is -2.47. The summed E-state index contributed by atoms with van der Waals surface area (Å²) in [6.07, 6.45) is 0.982. The first kappa shape index (κ1) is 28.8. The number of hydrogen-bond acceptors (Lipinski definition) is 6. The van der Waals surface area contributed by atoms with E-state index in [2.05, 4.69) is 29.2 Å². The number of carbonyl (C=O) groups is 2. The number of hydrogen-bond donors (Lipinski definition) is 0. The molecular weight excluding hydrogens is 492 g/mol. The lowest BCUT2D eigenvalue weighted by Gasteiger charge is -2.32. The van der Waals surface area contributed by atoms with Gasteiger partial charge in [-0.05, 0) is 47.7 Å². The van der Waals surface area contributed by atoms with Gasteiger partial charge in [0.05, 0.1) is 32.1 Å². The molecule has 1 fully saturated rings. The Labute approximate surface area is 232 Å². The number of amides is 2. The molecule has 2 aromatic rings. The molecule has 2 heterocycles. The van der Waals surface area contributed by atoms with Crippen molar-refractivity contribution in [2.45, 2.75) is 46.6 Å². The summed E-state index contributed by atoms with van der Waals surface area (Å²) in [5.41, 5.74) is 3.82. The van der Waals surface area contributed by atoms with Crippen LogP contribution in [0.4, 0.5) is 0 Å². The standard InChI is InChI=1S/C31H42N4O4/c1-23-6-8-25(9-7-23)28-20-27(24-10-12-26(38-5)13-11-24)32-35(28)30(37)22-34(29(36)21-31(2,3)4)15-14-33-16-18-39-19-17-33/h6-13,28H,14-22H2,1-5H3/t28-/m0/s1. The number of aryl methyl sites for hydroxylation is 1. The van der Waals surface area contributed by atoms with Crippen molar-refractivity contribution >= 4 is 17.5 Å². The first-order valence-corrected chi connectivity index (χ1v) is 13.8. The summed E-state index contributed by atoms with van der Waals surface area (Å²) in [4.78, 5) is 31.3. The van der Waals surface area contributed by atoms with Gasteiger partial charge in [0.2, 0.25) is 5.91 Å². The molecule has 2 aliphatic rings. The van der Waals surface area contributed by atoms with Gasteiger partial charge >= 0.3 is 0 Å². The van der Waals surface area contributed by atoms with Crippen LogP contribution >= 0.6 is 0 Å². The summed E-state index contributed by atoms with van der Waals surface area (Å²) in [5.74, 6) is 0.594. The van der Waals surface area contributed by atoms with Crippen LogP contribution in [0.2, 0.25) is 0 Å². The van der Waals surface area contributed by atoms with Gasteiger partial charge in [-0.3, -0.25) is 14.5 Å². The summed E-state index contributed by atoms with van der Waals surface area (Å²) < 4.78 is 10.8. The summed E-state index contributed by atoms with van der Waals surface area (Å²) in [6, 6.07) is 15.8. The maximum Gasteiger partial charge on any atom is 0.262 e. The second-order valence-corrected chi connectivity index (χ2v) is 11.7. The molecule has 0 aliphatic carbocycles. The average Bonchev–Trinajstić information content (AvgIpc) is 3.36. The quantitative estimate of drug-likeness (QED) is 0.480. The molecule has 8 nitrogen and oxygen atoms in total. The van der Waals surface area contributed by atoms with Crippen LogP contribution < -0.4 is 4.74 Å². The fourth-order valence-corrected chi connectivity index (χ4v) is 4.93. The van der Waals surface area contributed by atoms with E-state index < -0.39 is 0 Å². The number of morpholine rings is 1. The minimum atomic E-state index is -0.228. The van der Waals surface area contributed by atoms with Crippen molar-refractivity contribution < 1.29 is 19.1 Å². The molecule has 2 aliphatic heterocycles. The van der Waals surface area contributed by atoms with E-state index in [1.165, 1.54) is 0 Å². The minimum Gasteiger partial charge on any atom is -0.497 e. The van der Waals surface area contributed by atoms with Gasteiger partial charge in [0.15, 0.2) is 0 Å². The Morgan fingerprint density at radius 2 is 1.72 bits per heavy atom. The predicted molar refractivity (Wildman–Crippen MR) is 153 cm³/mol. The number of ether oxygens (including phenoxy) is 2. The molecule has 39 heavy (non-hydrogen) atoms. The highest BCUT2D eigenvalue weighted by molar-refractivity contribution is 6.03. The highest BCUT2D eigenvalue weighted by atomic mass is 16.5. The van der Waals surface area contributed by atoms with Crippen molar-refractivity contribution in [2.75, 3.05) is 53.0 Å². The van der Waals surface area contributed by atoms with Gasteiger partial charge in [-0.1, -0.05) is 50.6 Å². The molecule has 4 rings (SSSR count). The second kappa shape index (κ2) is 12.7. The third kappa shape index (κ3) is 7.90. The Bertz CT molecular complexity index is 1150. The summed E-state index contributed by atoms with van der Waals surface area (Å²) in [7, 11) is 1.64. The Kier molecular flexibility index (Phi) is 9.40. The molecule has 0 radical (unpaired) electrons. The van der Waals surface area contributed by atoms with Crippen LogP contribution in [0.5, 0.6) is 5.75 Å². The van der Waals surface area contributed by atoms with Crippen LogP contribution in [0.3, 0.4) is 0 Å². The van der Waals surface area contributed by atoms with Gasteiger partial charge in [0.1, 0.15) is 12.3 Å². The summed E-state index contributed by atoms with van der Waals surface area (Å²) in [6.45, 7) is 12.5. The SMILES string of the molecule is COc1ccc(C2=NN(C(=O)CN(CCN3CCOCC3)C(=O)CC(C)(C)C)[C@H](c3ccc(C)cc3)C2)cc1. The zero-order valence-electron chi connectivity index (χ0n) is 24.0. The van der Waals surface area contributed by atoms with E-state index in [0.717, 1.165) is 41.2 Å². The Morgan fingerprint density at radius 1 is 1.05 bits per heavy atom. The van der Waals surface area contributed by atoms with Crippen LogP contribution in [-0.2, 0) is 14.3 Å². The molecule has 210 valence electrons. The smallest absolute Gasteiger partial charge is 0.262 e. The van der Waals surface area contributed by atoms with Crippen molar-refractivity contribution in [3.05, 3.63) is 65.2 Å². The lowest BCUT2D eigenvalue weighted by molar-refractivity contribution is -0.142. The number of rotatable bonds is 9. The Balaban J connectivity index is 1.57. The first-order valence-electron chi connectivity index (χ1n) is 13.8. The average molecular weight is 535 g/mol. The van der Waals surface area contributed by atoms with Crippen LogP contribution in [0.25, 0.3) is 0 Å². The van der Waals surface area contributed by atoms with Crippen molar-refractivity contribution in [3.63, 3.8) is 0 Å². The van der Waals surface area contributed by atoms with Gasteiger partial charge in [0, 0.05) is 39.0 Å². The van der Waals surface area contributed by atoms with E-state index in [9.17, 15) is 9.59 Å². The Morgan fingerprint density at radius 3 is 2.33 bits per heavy atom. The number of carbonyl (C=O) groups excluding carboxylic acids is 2. The van der Waals surface area contributed by atoms with Crippen LogP contribution in [0.1, 0.15) is 56.3 Å². The maximum atomic E-state index is 13.9. The highest BCUT2D eigenvalue weighted by Crippen LogP contribution is 2.33. The molecule has 1 atom stereocenters. The van der Waals surface area contributed by atoms with Crippen LogP contribution in [0, 0.1) is 12.3 Å². The van der Waals surface area contributed by atoms with E-state index in [1.807, 2.05) is 52.0 Å². The molecule has 0 N–H and O–H groups in total. The fraction of sp³-hybridized carbons (Fsp3) is 0.516. The molecule has 0 aromatic heterocycles. The lowest BCUT2D eigenvalue weighted by atomic mass is 9.91. The van der Waals surface area contributed by atoms with E-state index in [4.69, 9.17) is 14.6 Å². The third-order valence-corrected chi connectivity index (χ3v) is 7.20. The second-order valence-electron chi connectivity index (χ2n) is 11.7. The molecule has 0 saturated carbocycles. The fourth-order valence-electron chi connectivity index (χ4n) is 4.93. The summed E-state index contributed by atoms with van der Waals surface area (Å²) >= 11 is 0. The largest absolute Gasteiger partial charge is 0.497 e. The number of nitrogens with zero attached hydrogens (tertiary/aromatic N) is 4. The van der Waals surface area contributed by atoms with Gasteiger partial charge in [-0.2, -0.15) is 5.10 Å². The number of methoxy groups -OCH3 is 1. The molecule has 0 bridgehead atoms. The molecule has 2 aromatic carbocycles. The number of benzene rings is 2. The van der Waals surface area contributed by atoms with Crippen LogP contribution in [-0.4, -0.2) is 85.4 Å². The Hall–Kier alpha value is -3.23. The van der Waals surface area contributed by atoms with Crippen LogP contribution in [0.15, 0.2) is 53.6 Å². The topological polar surface area (TPSA) is 74.7 Å². The van der Waals surface area contributed by atoms with Gasteiger partial charge in [0.25, 0.3) is 5.91 Å². The molecular formula is C31H42N4O4. The van der Waals surface area contributed by atoms with E-state index in [0.29, 0.717) is 39.1 Å². The molecule has 0 spiro atoms. The maximum absolute atomic E-state index is 13.9. The predicted octanol–water partition coefficient (Wildman–Crippen LogP) is 4.28. The zero-order chi connectivity index (χ0) is 28.0. The third-order valence-electron chi connectivity index (χ3n) is 7.20. The normalized spacial score (nSPS) is 18.1. The van der Waals surface area contributed by atoms with Gasteiger partial charge in [-0.15, -0.1) is 0 Å². The molecule has 2 amide bonds. The van der Waals surface area contributed by atoms with Crippen molar-refractivity contribution in [3.8, 4) is 5.75 Å². The highest BCUT2D eigenvalue weighted by Gasteiger charge is 2.35. The monoisotopic (exact) mass is 534 g/mol. The van der Waals surface area contributed by atoms with Crippen molar-refractivity contribution in [1.29, 1.82) is 0 Å².